The van der Waals surface area contributed by atoms with Crippen molar-refractivity contribution in [2.45, 2.75) is 0 Å². The number of ether oxygens (including phenoxy) is 1. The monoisotopic (exact) mass is 345 g/mol. The van der Waals surface area contributed by atoms with Crippen molar-refractivity contribution < 1.29 is 4.74 Å². The molecular formula is C16H16BrN3O. The van der Waals surface area contributed by atoms with Crippen LogP contribution in [-0.2, 0) is 0 Å². The van der Waals surface area contributed by atoms with Gasteiger partial charge >= 0.3 is 0 Å². The molecule has 0 amide bonds. The fourth-order valence-electron chi connectivity index (χ4n) is 2.33. The molecule has 2 aromatic heterocycles. The van der Waals surface area contributed by atoms with Gasteiger partial charge in [0.2, 0.25) is 0 Å². The quantitative estimate of drug-likeness (QED) is 0.722. The molecule has 108 valence electrons. The summed E-state index contributed by atoms with van der Waals surface area (Å²) >= 11 is 3.55. The van der Waals surface area contributed by atoms with E-state index in [4.69, 9.17) is 4.74 Å². The summed E-state index contributed by atoms with van der Waals surface area (Å²) in [5.41, 5.74) is 3.13. The Kier molecular flexibility index (Phi) is 3.59. The molecule has 3 rings (SSSR count). The molecule has 4 nitrogen and oxygen atoms in total. The first-order valence-electron chi connectivity index (χ1n) is 6.60. The van der Waals surface area contributed by atoms with Crippen molar-refractivity contribution in [3.63, 3.8) is 0 Å². The van der Waals surface area contributed by atoms with Crippen LogP contribution in [0.15, 0.2) is 47.2 Å². The lowest BCUT2D eigenvalue weighted by atomic mass is 10.2. The third-order valence-electron chi connectivity index (χ3n) is 3.45. The molecule has 0 spiro atoms. The molecule has 3 aromatic rings. The van der Waals surface area contributed by atoms with Crippen molar-refractivity contribution in [3.8, 4) is 17.1 Å². The molecule has 1 aromatic carbocycles. The molecule has 0 fully saturated rings. The van der Waals surface area contributed by atoms with E-state index < -0.39 is 0 Å². The number of fused-ring (bicyclic) bond motifs is 1. The third-order valence-corrected chi connectivity index (χ3v) is 4.03. The van der Waals surface area contributed by atoms with Crippen molar-refractivity contribution in [1.29, 1.82) is 0 Å². The number of anilines is 1. The molecule has 21 heavy (non-hydrogen) atoms. The maximum absolute atomic E-state index is 5.44. The van der Waals surface area contributed by atoms with Gasteiger partial charge in [-0.15, -0.1) is 0 Å². The van der Waals surface area contributed by atoms with E-state index in [1.807, 2.05) is 44.6 Å². The number of halogens is 1. The highest BCUT2D eigenvalue weighted by molar-refractivity contribution is 9.10. The second-order valence-corrected chi connectivity index (χ2v) is 5.71. The van der Waals surface area contributed by atoms with Gasteiger partial charge in [0, 0.05) is 26.0 Å². The molecule has 0 aliphatic rings. The second kappa shape index (κ2) is 5.41. The van der Waals surface area contributed by atoms with Crippen LogP contribution in [-0.4, -0.2) is 30.6 Å². The lowest BCUT2D eigenvalue weighted by Gasteiger charge is -2.13. The maximum Gasteiger partial charge on any atom is 0.149 e. The van der Waals surface area contributed by atoms with Crippen molar-refractivity contribution in [2.75, 3.05) is 26.1 Å². The Morgan fingerprint density at radius 2 is 1.95 bits per heavy atom. The number of hydrogen-bond donors (Lipinski definition) is 0. The zero-order valence-electron chi connectivity index (χ0n) is 12.2. The first-order chi connectivity index (χ1) is 10.1. The Labute approximate surface area is 132 Å². The Bertz CT molecular complexity index is 795. The van der Waals surface area contributed by atoms with Gasteiger partial charge in [-0.1, -0.05) is 12.1 Å². The van der Waals surface area contributed by atoms with E-state index in [0.29, 0.717) is 0 Å². The van der Waals surface area contributed by atoms with Gasteiger partial charge in [-0.2, -0.15) is 0 Å². The molecule has 2 heterocycles. The van der Waals surface area contributed by atoms with Crippen LogP contribution in [0.25, 0.3) is 16.9 Å². The lowest BCUT2D eigenvalue weighted by Crippen LogP contribution is -2.08. The highest BCUT2D eigenvalue weighted by Crippen LogP contribution is 2.33. The average molecular weight is 346 g/mol. The van der Waals surface area contributed by atoms with Gasteiger partial charge in [-0.25, -0.2) is 4.98 Å². The summed E-state index contributed by atoms with van der Waals surface area (Å²) in [4.78, 5) is 6.72. The maximum atomic E-state index is 5.44. The van der Waals surface area contributed by atoms with Crippen LogP contribution in [0, 0.1) is 0 Å². The first kappa shape index (κ1) is 13.9. The predicted molar refractivity (Wildman–Crippen MR) is 89.2 cm³/mol. The van der Waals surface area contributed by atoms with Crippen LogP contribution in [0.4, 0.5) is 5.69 Å². The van der Waals surface area contributed by atoms with E-state index in [2.05, 4.69) is 42.3 Å². The number of aromatic nitrogens is 2. The van der Waals surface area contributed by atoms with Crippen molar-refractivity contribution in [1.82, 2.24) is 9.38 Å². The summed E-state index contributed by atoms with van der Waals surface area (Å²) in [6.45, 7) is 0. The minimum atomic E-state index is 0.814. The molecule has 0 saturated carbocycles. The number of hydrogen-bond acceptors (Lipinski definition) is 3. The lowest BCUT2D eigenvalue weighted by molar-refractivity contribution is 0.416. The van der Waals surface area contributed by atoms with E-state index in [0.717, 1.165) is 32.9 Å². The van der Waals surface area contributed by atoms with Crippen LogP contribution < -0.4 is 9.64 Å². The van der Waals surface area contributed by atoms with Crippen molar-refractivity contribution >= 4 is 27.1 Å². The van der Waals surface area contributed by atoms with Gasteiger partial charge in [0.1, 0.15) is 16.2 Å². The number of para-hydroxylation sites is 1. The fourth-order valence-corrected chi connectivity index (χ4v) is 2.81. The molecule has 0 aliphatic heterocycles. The topological polar surface area (TPSA) is 29.8 Å². The minimum Gasteiger partial charge on any atom is -0.496 e. The predicted octanol–water partition coefficient (Wildman–Crippen LogP) is 3.84. The number of pyridine rings is 1. The zero-order valence-corrected chi connectivity index (χ0v) is 13.8. The molecule has 0 aliphatic carbocycles. The van der Waals surface area contributed by atoms with Crippen LogP contribution in [0.3, 0.4) is 0 Å². The first-order valence-corrected chi connectivity index (χ1v) is 7.39. The Morgan fingerprint density at radius 1 is 1.19 bits per heavy atom. The summed E-state index contributed by atoms with van der Waals surface area (Å²) in [5.74, 6) is 1.67. The van der Waals surface area contributed by atoms with Gasteiger partial charge in [-0.3, -0.25) is 4.40 Å². The van der Waals surface area contributed by atoms with E-state index >= 15 is 0 Å². The van der Waals surface area contributed by atoms with Crippen LogP contribution in [0.5, 0.6) is 5.75 Å². The third kappa shape index (κ3) is 2.38. The van der Waals surface area contributed by atoms with Crippen molar-refractivity contribution in [2.24, 2.45) is 0 Å². The summed E-state index contributed by atoms with van der Waals surface area (Å²) in [7, 11) is 5.72. The molecular weight excluding hydrogens is 330 g/mol. The average Bonchev–Trinajstić information content (AvgIpc) is 2.83. The Balaban J connectivity index is 2.25. The SMILES string of the molecule is COc1ccccc1-c1nc(Br)c2cc(N(C)C)ccn12. The normalized spacial score (nSPS) is 10.9. The Morgan fingerprint density at radius 3 is 2.67 bits per heavy atom. The van der Waals surface area contributed by atoms with Crippen LogP contribution in [0.1, 0.15) is 0 Å². The molecule has 0 unspecified atom stereocenters. The molecule has 5 heteroatoms. The molecule has 0 bridgehead atoms. The van der Waals surface area contributed by atoms with Gasteiger partial charge in [0.25, 0.3) is 0 Å². The number of nitrogens with zero attached hydrogens (tertiary/aromatic N) is 3. The number of imidazole rings is 1. The highest BCUT2D eigenvalue weighted by atomic mass is 79.9. The summed E-state index contributed by atoms with van der Waals surface area (Å²) in [5, 5.41) is 0. The van der Waals surface area contributed by atoms with Crippen LogP contribution >= 0.6 is 15.9 Å². The molecule has 0 radical (unpaired) electrons. The van der Waals surface area contributed by atoms with Gasteiger partial charge in [-0.05, 0) is 40.2 Å². The van der Waals surface area contributed by atoms with E-state index in [1.54, 1.807) is 7.11 Å². The fraction of sp³-hybridized carbons (Fsp3) is 0.188. The standard InChI is InChI=1S/C16H16BrN3O/c1-19(2)11-8-9-20-13(10-11)15(17)18-16(20)12-6-4-5-7-14(12)21-3/h4-10H,1-3H3. The second-order valence-electron chi connectivity index (χ2n) is 4.96. The minimum absolute atomic E-state index is 0.814. The van der Waals surface area contributed by atoms with Crippen molar-refractivity contribution in [3.05, 3.63) is 47.2 Å². The number of benzene rings is 1. The largest absolute Gasteiger partial charge is 0.496 e. The van der Waals surface area contributed by atoms with E-state index in [1.165, 1.54) is 0 Å². The van der Waals surface area contributed by atoms with Crippen LogP contribution in [0.2, 0.25) is 0 Å². The smallest absolute Gasteiger partial charge is 0.149 e. The Hall–Kier alpha value is -2.01. The van der Waals surface area contributed by atoms with Gasteiger partial charge in [0.15, 0.2) is 0 Å². The van der Waals surface area contributed by atoms with E-state index in [9.17, 15) is 0 Å². The summed E-state index contributed by atoms with van der Waals surface area (Å²) < 4.78 is 8.33. The molecule has 0 saturated heterocycles. The highest BCUT2D eigenvalue weighted by Gasteiger charge is 2.15. The zero-order chi connectivity index (χ0) is 15.0. The summed E-state index contributed by atoms with van der Waals surface area (Å²) in [6.07, 6.45) is 2.03. The van der Waals surface area contributed by atoms with E-state index in [-0.39, 0.29) is 0 Å². The molecule has 0 N–H and O–H groups in total. The van der Waals surface area contributed by atoms with Gasteiger partial charge in [0.05, 0.1) is 18.2 Å². The number of methoxy groups -OCH3 is 1. The van der Waals surface area contributed by atoms with Gasteiger partial charge < -0.3 is 9.64 Å². The summed E-state index contributed by atoms with van der Waals surface area (Å²) in [6, 6.07) is 12.1. The number of rotatable bonds is 3. The molecule has 0 atom stereocenters.